The lowest BCUT2D eigenvalue weighted by atomic mass is 10.2. The highest BCUT2D eigenvalue weighted by Crippen LogP contribution is 2.04. The van der Waals surface area contributed by atoms with E-state index in [2.05, 4.69) is 61.2 Å². The molecular weight excluding hydrogens is 196 g/mol. The molecule has 2 heteroatoms. The molecule has 0 unspecified atom stereocenters. The molecule has 0 spiro atoms. The molecule has 1 aromatic carbocycles. The quantitative estimate of drug-likeness (QED) is 0.696. The Labute approximate surface area is 99.9 Å². The van der Waals surface area contributed by atoms with Crippen molar-refractivity contribution in [3.05, 3.63) is 35.9 Å². The van der Waals surface area contributed by atoms with Crippen LogP contribution in [0.4, 0.5) is 0 Å². The fraction of sp³-hybridized carbons (Fsp3) is 0.571. The van der Waals surface area contributed by atoms with Crippen molar-refractivity contribution in [2.75, 3.05) is 33.7 Å². The molecule has 0 saturated carbocycles. The van der Waals surface area contributed by atoms with Crippen LogP contribution in [0.3, 0.4) is 0 Å². The molecule has 1 aromatic rings. The van der Waals surface area contributed by atoms with Crippen LogP contribution in [0, 0.1) is 0 Å². The summed E-state index contributed by atoms with van der Waals surface area (Å²) < 4.78 is 0. The Hall–Kier alpha value is -0.860. The van der Waals surface area contributed by atoms with Crippen LogP contribution in [-0.2, 0) is 6.54 Å². The van der Waals surface area contributed by atoms with Crippen molar-refractivity contribution in [3.8, 4) is 0 Å². The topological polar surface area (TPSA) is 6.48 Å². The van der Waals surface area contributed by atoms with E-state index in [1.54, 1.807) is 0 Å². The Bertz CT molecular complexity index is 269. The molecule has 16 heavy (non-hydrogen) atoms. The van der Waals surface area contributed by atoms with Gasteiger partial charge in [-0.1, -0.05) is 37.3 Å². The summed E-state index contributed by atoms with van der Waals surface area (Å²) in [5.74, 6) is 0. The van der Waals surface area contributed by atoms with Gasteiger partial charge >= 0.3 is 0 Å². The van der Waals surface area contributed by atoms with Gasteiger partial charge in [-0.05, 0) is 32.6 Å². The molecule has 0 saturated heterocycles. The van der Waals surface area contributed by atoms with Crippen LogP contribution < -0.4 is 0 Å². The number of nitrogens with zero attached hydrogens (tertiary/aromatic N) is 2. The second kappa shape index (κ2) is 7.42. The molecule has 0 heterocycles. The minimum Gasteiger partial charge on any atom is -0.308 e. The largest absolute Gasteiger partial charge is 0.308 e. The first kappa shape index (κ1) is 13.2. The Kier molecular flexibility index (Phi) is 6.12. The molecule has 2 nitrogen and oxygen atoms in total. The van der Waals surface area contributed by atoms with Crippen LogP contribution in [0.15, 0.2) is 30.3 Å². The lowest BCUT2D eigenvalue weighted by Crippen LogP contribution is -2.31. The molecule has 90 valence electrons. The lowest BCUT2D eigenvalue weighted by Gasteiger charge is -2.23. The highest BCUT2D eigenvalue weighted by molar-refractivity contribution is 5.14. The first-order valence-corrected chi connectivity index (χ1v) is 6.13. The van der Waals surface area contributed by atoms with Crippen LogP contribution >= 0.6 is 0 Å². The molecule has 0 aliphatic carbocycles. The minimum absolute atomic E-state index is 1.07. The summed E-state index contributed by atoms with van der Waals surface area (Å²) in [7, 11) is 4.26. The molecule has 0 amide bonds. The Morgan fingerprint density at radius 3 is 2.19 bits per heavy atom. The predicted molar refractivity (Wildman–Crippen MR) is 70.6 cm³/mol. The zero-order valence-electron chi connectivity index (χ0n) is 10.8. The van der Waals surface area contributed by atoms with Crippen molar-refractivity contribution in [3.63, 3.8) is 0 Å². The van der Waals surface area contributed by atoms with Crippen molar-refractivity contribution < 1.29 is 0 Å². The van der Waals surface area contributed by atoms with Gasteiger partial charge in [-0.25, -0.2) is 0 Å². The average molecular weight is 220 g/mol. The fourth-order valence-corrected chi connectivity index (χ4v) is 1.77. The molecule has 0 N–H and O–H groups in total. The maximum Gasteiger partial charge on any atom is 0.0234 e. The molecule has 0 bridgehead atoms. The van der Waals surface area contributed by atoms with Crippen molar-refractivity contribution >= 4 is 0 Å². The monoisotopic (exact) mass is 220 g/mol. The molecule has 1 rings (SSSR count). The second-order valence-electron chi connectivity index (χ2n) is 4.57. The van der Waals surface area contributed by atoms with E-state index in [1.165, 1.54) is 18.5 Å². The third-order valence-corrected chi connectivity index (χ3v) is 2.65. The van der Waals surface area contributed by atoms with E-state index in [9.17, 15) is 0 Å². The highest BCUT2D eigenvalue weighted by Gasteiger charge is 2.04. The molecule has 0 aliphatic rings. The summed E-state index contributed by atoms with van der Waals surface area (Å²) in [5.41, 5.74) is 1.41. The summed E-state index contributed by atoms with van der Waals surface area (Å²) in [4.78, 5) is 4.77. The summed E-state index contributed by atoms with van der Waals surface area (Å²) in [6.07, 6.45) is 1.22. The van der Waals surface area contributed by atoms with Crippen LogP contribution in [-0.4, -0.2) is 43.5 Å². The zero-order chi connectivity index (χ0) is 11.8. The third kappa shape index (κ3) is 5.29. The summed E-state index contributed by atoms with van der Waals surface area (Å²) in [5, 5.41) is 0. The molecule has 0 radical (unpaired) electrons. The third-order valence-electron chi connectivity index (χ3n) is 2.65. The zero-order valence-corrected chi connectivity index (χ0v) is 10.8. The standard InChI is InChI=1S/C14H24N2/c1-4-10-16(12-11-15(2)3)13-14-8-6-5-7-9-14/h5-9H,4,10-13H2,1-3H3. The first-order chi connectivity index (χ1) is 7.72. The fourth-order valence-electron chi connectivity index (χ4n) is 1.77. The Morgan fingerprint density at radius 2 is 1.62 bits per heavy atom. The van der Waals surface area contributed by atoms with Gasteiger partial charge in [-0.2, -0.15) is 0 Å². The van der Waals surface area contributed by atoms with Crippen LogP contribution in [0.25, 0.3) is 0 Å². The highest BCUT2D eigenvalue weighted by atomic mass is 15.2. The van der Waals surface area contributed by atoms with E-state index in [0.717, 1.165) is 19.6 Å². The van der Waals surface area contributed by atoms with Gasteiger partial charge in [0.05, 0.1) is 0 Å². The normalized spacial score (nSPS) is 11.3. The van der Waals surface area contributed by atoms with Gasteiger partial charge in [0.15, 0.2) is 0 Å². The van der Waals surface area contributed by atoms with E-state index in [-0.39, 0.29) is 0 Å². The molecular formula is C14H24N2. The van der Waals surface area contributed by atoms with Crippen LogP contribution in [0.1, 0.15) is 18.9 Å². The van der Waals surface area contributed by atoms with Gasteiger partial charge in [0.2, 0.25) is 0 Å². The van der Waals surface area contributed by atoms with E-state index in [4.69, 9.17) is 0 Å². The Balaban J connectivity index is 2.44. The van der Waals surface area contributed by atoms with Crippen molar-refractivity contribution in [2.24, 2.45) is 0 Å². The first-order valence-electron chi connectivity index (χ1n) is 6.13. The van der Waals surface area contributed by atoms with Gasteiger partial charge in [0.1, 0.15) is 0 Å². The van der Waals surface area contributed by atoms with Crippen molar-refractivity contribution in [1.29, 1.82) is 0 Å². The van der Waals surface area contributed by atoms with E-state index >= 15 is 0 Å². The SMILES string of the molecule is CCCN(CCN(C)C)Cc1ccccc1. The Morgan fingerprint density at radius 1 is 0.938 bits per heavy atom. The predicted octanol–water partition coefficient (Wildman–Crippen LogP) is 2.46. The number of likely N-dealkylation sites (N-methyl/N-ethyl adjacent to an activating group) is 1. The van der Waals surface area contributed by atoms with Crippen molar-refractivity contribution in [1.82, 2.24) is 9.80 Å². The van der Waals surface area contributed by atoms with E-state index < -0.39 is 0 Å². The number of hydrogen-bond donors (Lipinski definition) is 0. The minimum atomic E-state index is 1.07. The lowest BCUT2D eigenvalue weighted by molar-refractivity contribution is 0.234. The van der Waals surface area contributed by atoms with Gasteiger partial charge < -0.3 is 4.90 Å². The van der Waals surface area contributed by atoms with E-state index in [1.807, 2.05) is 0 Å². The summed E-state index contributed by atoms with van der Waals surface area (Å²) in [6, 6.07) is 10.7. The number of benzene rings is 1. The molecule has 0 atom stereocenters. The number of hydrogen-bond acceptors (Lipinski definition) is 2. The summed E-state index contributed by atoms with van der Waals surface area (Å²) >= 11 is 0. The smallest absolute Gasteiger partial charge is 0.0234 e. The van der Waals surface area contributed by atoms with Gasteiger partial charge in [0, 0.05) is 19.6 Å². The maximum atomic E-state index is 2.52. The molecule has 0 fully saturated rings. The van der Waals surface area contributed by atoms with Crippen LogP contribution in [0.2, 0.25) is 0 Å². The maximum absolute atomic E-state index is 2.52. The average Bonchev–Trinajstić information content (AvgIpc) is 2.27. The van der Waals surface area contributed by atoms with E-state index in [0.29, 0.717) is 0 Å². The number of rotatable bonds is 7. The molecule has 0 aromatic heterocycles. The van der Waals surface area contributed by atoms with Crippen molar-refractivity contribution in [2.45, 2.75) is 19.9 Å². The second-order valence-corrected chi connectivity index (χ2v) is 4.57. The van der Waals surface area contributed by atoms with Gasteiger partial charge in [-0.15, -0.1) is 0 Å². The van der Waals surface area contributed by atoms with Gasteiger partial charge in [-0.3, -0.25) is 4.90 Å². The van der Waals surface area contributed by atoms with Crippen LogP contribution in [0.5, 0.6) is 0 Å². The van der Waals surface area contributed by atoms with Gasteiger partial charge in [0.25, 0.3) is 0 Å². The summed E-state index contributed by atoms with van der Waals surface area (Å²) in [6.45, 7) is 6.78. The molecule has 0 aliphatic heterocycles.